The summed E-state index contributed by atoms with van der Waals surface area (Å²) >= 11 is 12.8. The van der Waals surface area contributed by atoms with Gasteiger partial charge in [-0.1, -0.05) is 43.1 Å². The molecule has 0 unspecified atom stereocenters. The van der Waals surface area contributed by atoms with Crippen LogP contribution >= 0.6 is 23.2 Å². The first kappa shape index (κ1) is 23.1. The third-order valence-electron chi connectivity index (χ3n) is 5.17. The van der Waals surface area contributed by atoms with E-state index in [4.69, 9.17) is 33.7 Å². The van der Waals surface area contributed by atoms with E-state index in [1.165, 1.54) is 0 Å². The number of benzene rings is 1. The van der Waals surface area contributed by atoms with Gasteiger partial charge in [0, 0.05) is 22.7 Å². The lowest BCUT2D eigenvalue weighted by molar-refractivity contribution is -0.121. The van der Waals surface area contributed by atoms with Gasteiger partial charge in [0.15, 0.2) is 5.78 Å². The third-order valence-corrected chi connectivity index (χ3v) is 5.69. The summed E-state index contributed by atoms with van der Waals surface area (Å²) in [5.41, 5.74) is 8.96. The molecule has 3 N–H and O–H groups in total. The maximum atomic E-state index is 12.6. The van der Waals surface area contributed by atoms with Crippen LogP contribution in [0.5, 0.6) is 5.75 Å². The van der Waals surface area contributed by atoms with Gasteiger partial charge in [-0.15, -0.1) is 0 Å². The normalized spacial score (nSPS) is 14.1. The number of nitrogens with two attached hydrogens (primary N) is 1. The van der Waals surface area contributed by atoms with Crippen LogP contribution in [-0.4, -0.2) is 33.3 Å². The molecule has 1 aliphatic carbocycles. The Morgan fingerprint density at radius 2 is 2.00 bits per heavy atom. The molecule has 2 aliphatic rings. The number of carbonyl (C=O) groups excluding carboxylic acids is 2. The number of hydrogen-bond acceptors (Lipinski definition) is 6. The molecule has 0 saturated carbocycles. The number of fused-ring (bicyclic) bond motifs is 1. The Kier molecular flexibility index (Phi) is 6.58. The zero-order valence-corrected chi connectivity index (χ0v) is 19.7. The van der Waals surface area contributed by atoms with Gasteiger partial charge in [-0.25, -0.2) is 14.8 Å². The predicted molar refractivity (Wildman–Crippen MR) is 127 cm³/mol. The van der Waals surface area contributed by atoms with Gasteiger partial charge >= 0.3 is 6.03 Å². The summed E-state index contributed by atoms with van der Waals surface area (Å²) in [5.74, 6) is 0.541. The maximum Gasteiger partial charge on any atom is 0.322 e. The molecule has 0 radical (unpaired) electrons. The van der Waals surface area contributed by atoms with Gasteiger partial charge in [0.25, 0.3) is 0 Å². The number of allylic oxidation sites excluding steroid dienone is 3. The number of ketones is 1. The van der Waals surface area contributed by atoms with E-state index in [1.807, 2.05) is 32.1 Å². The Balaban J connectivity index is 1.66. The van der Waals surface area contributed by atoms with Crippen LogP contribution in [0.1, 0.15) is 31.5 Å². The van der Waals surface area contributed by atoms with Crippen molar-refractivity contribution in [3.63, 3.8) is 0 Å². The first-order valence-electron chi connectivity index (χ1n) is 10.4. The number of ether oxygens (including phenoxy) is 1. The maximum absolute atomic E-state index is 12.6. The summed E-state index contributed by atoms with van der Waals surface area (Å²) in [5, 5.41) is 3.47. The van der Waals surface area contributed by atoms with Crippen LogP contribution in [0.4, 0.5) is 10.7 Å². The number of Topliss-reactive ketones (excluding diaryl/α,β-unsaturated/α-hetero) is 1. The van der Waals surface area contributed by atoms with Gasteiger partial charge in [-0.3, -0.25) is 4.79 Å². The highest BCUT2D eigenvalue weighted by Crippen LogP contribution is 2.42. The zero-order valence-electron chi connectivity index (χ0n) is 18.2. The highest BCUT2D eigenvalue weighted by Gasteiger charge is 2.31. The number of rotatable bonds is 7. The number of nitrogens with zero attached hydrogens (tertiary/aromatic N) is 3. The average molecular weight is 488 g/mol. The molecule has 0 spiro atoms. The number of urea groups is 1. The van der Waals surface area contributed by atoms with Crippen LogP contribution in [0, 0.1) is 5.92 Å². The van der Waals surface area contributed by atoms with E-state index in [2.05, 4.69) is 15.3 Å². The fraction of sp³-hybridized carbons (Fsp3) is 0.304. The highest BCUT2D eigenvalue weighted by atomic mass is 35.5. The molecule has 1 aliphatic heterocycles. The quantitative estimate of drug-likeness (QED) is 0.594. The summed E-state index contributed by atoms with van der Waals surface area (Å²) in [6, 6.07) is 2.90. The van der Waals surface area contributed by atoms with Crippen molar-refractivity contribution in [2.75, 3.05) is 12.3 Å². The van der Waals surface area contributed by atoms with Gasteiger partial charge in [0.1, 0.15) is 12.4 Å². The van der Waals surface area contributed by atoms with Crippen molar-refractivity contribution in [3.05, 3.63) is 57.4 Å². The number of amides is 2. The number of aromatic nitrogens is 2. The second-order valence-electron chi connectivity index (χ2n) is 8.31. The monoisotopic (exact) mass is 487 g/mol. The van der Waals surface area contributed by atoms with Crippen LogP contribution in [0.3, 0.4) is 0 Å². The molecule has 0 atom stereocenters. The number of nitrogens with one attached hydrogen (secondary N) is 1. The molecule has 0 saturated heterocycles. The summed E-state index contributed by atoms with van der Waals surface area (Å²) < 4.78 is 5.84. The van der Waals surface area contributed by atoms with Crippen LogP contribution in [0.25, 0.3) is 11.3 Å². The van der Waals surface area contributed by atoms with Crippen molar-refractivity contribution in [1.82, 2.24) is 20.2 Å². The molecule has 1 aromatic heterocycles. The minimum Gasteiger partial charge on any atom is -0.485 e. The van der Waals surface area contributed by atoms with E-state index in [9.17, 15) is 9.59 Å². The van der Waals surface area contributed by atoms with Gasteiger partial charge in [0.2, 0.25) is 5.95 Å². The van der Waals surface area contributed by atoms with E-state index in [-0.39, 0.29) is 43.4 Å². The standard InChI is InChI=1S/C23H23Cl2N5O3/c1-12(2)6-15(31)11-33-19-8-13(24)7-17(25)20(19)21-16-9-30(10-18(16)28-22(26)29-21)23(32)27-14-4-3-5-14/h3-5,7-8,12H,6,9-11H2,1-2H3,(H,27,32)(H2,26,28,29). The topological polar surface area (TPSA) is 110 Å². The van der Waals surface area contributed by atoms with Crippen LogP contribution in [-0.2, 0) is 17.9 Å². The second kappa shape index (κ2) is 9.41. The molecule has 2 heterocycles. The van der Waals surface area contributed by atoms with Crippen molar-refractivity contribution in [2.24, 2.45) is 5.92 Å². The largest absolute Gasteiger partial charge is 0.485 e. The van der Waals surface area contributed by atoms with Crippen molar-refractivity contribution < 1.29 is 14.3 Å². The minimum absolute atomic E-state index is 0.0401. The van der Waals surface area contributed by atoms with E-state index < -0.39 is 0 Å². The van der Waals surface area contributed by atoms with Crippen molar-refractivity contribution in [1.29, 1.82) is 0 Å². The SMILES string of the molecule is CC(C)CC(=O)COc1cc(Cl)cc(Cl)c1-c1nc(N)nc2c1CN(C(=O)NC1=CC=C1)C2. The number of halogens is 2. The first-order chi connectivity index (χ1) is 15.7. The Labute approximate surface area is 201 Å². The van der Waals surface area contributed by atoms with E-state index in [0.717, 1.165) is 5.70 Å². The molecule has 2 amide bonds. The van der Waals surface area contributed by atoms with E-state index in [0.29, 0.717) is 44.7 Å². The molecular weight excluding hydrogens is 465 g/mol. The van der Waals surface area contributed by atoms with Crippen molar-refractivity contribution >= 4 is 41.0 Å². The molecule has 1 aromatic carbocycles. The fourth-order valence-electron chi connectivity index (χ4n) is 3.67. The van der Waals surface area contributed by atoms with Gasteiger partial charge in [-0.05, 0) is 30.2 Å². The summed E-state index contributed by atoms with van der Waals surface area (Å²) in [6.45, 7) is 4.34. The van der Waals surface area contributed by atoms with E-state index >= 15 is 0 Å². The Bertz CT molecular complexity index is 1190. The molecule has 33 heavy (non-hydrogen) atoms. The number of anilines is 1. The Morgan fingerprint density at radius 3 is 2.67 bits per heavy atom. The Morgan fingerprint density at radius 1 is 1.24 bits per heavy atom. The Hall–Kier alpha value is -3.10. The second-order valence-corrected chi connectivity index (χ2v) is 9.15. The lowest BCUT2D eigenvalue weighted by Gasteiger charge is -2.18. The number of nitrogen functional groups attached to an aromatic ring is 1. The summed E-state index contributed by atoms with van der Waals surface area (Å²) in [4.78, 5) is 35.2. The van der Waals surface area contributed by atoms with Crippen molar-refractivity contribution in [2.45, 2.75) is 33.4 Å². The first-order valence-corrected chi connectivity index (χ1v) is 11.2. The summed E-state index contributed by atoms with van der Waals surface area (Å²) in [7, 11) is 0. The molecular formula is C23H23Cl2N5O3. The molecule has 172 valence electrons. The molecule has 0 bridgehead atoms. The highest BCUT2D eigenvalue weighted by molar-refractivity contribution is 6.37. The van der Waals surface area contributed by atoms with Crippen LogP contribution in [0.15, 0.2) is 36.1 Å². The van der Waals surface area contributed by atoms with Crippen LogP contribution in [0.2, 0.25) is 10.0 Å². The number of hydrogen-bond donors (Lipinski definition) is 2. The summed E-state index contributed by atoms with van der Waals surface area (Å²) in [6.07, 6.45) is 5.85. The third kappa shape index (κ3) is 5.12. The van der Waals surface area contributed by atoms with E-state index in [1.54, 1.807) is 17.0 Å². The lowest BCUT2D eigenvalue weighted by atomic mass is 10.0. The molecule has 8 nitrogen and oxygen atoms in total. The average Bonchev–Trinajstić information content (AvgIpc) is 3.12. The van der Waals surface area contributed by atoms with Gasteiger partial charge in [0.05, 0.1) is 35.1 Å². The molecule has 4 rings (SSSR count). The molecule has 0 fully saturated rings. The smallest absolute Gasteiger partial charge is 0.322 e. The predicted octanol–water partition coefficient (Wildman–Crippen LogP) is 4.51. The zero-order chi connectivity index (χ0) is 23.7. The van der Waals surface area contributed by atoms with Crippen molar-refractivity contribution in [3.8, 4) is 17.0 Å². The van der Waals surface area contributed by atoms with Gasteiger partial charge in [-0.2, -0.15) is 0 Å². The van der Waals surface area contributed by atoms with Gasteiger partial charge < -0.3 is 20.7 Å². The fourth-order valence-corrected chi connectivity index (χ4v) is 4.23. The number of carbonyl (C=O) groups is 2. The molecule has 10 heteroatoms. The lowest BCUT2D eigenvalue weighted by Crippen LogP contribution is -2.36. The molecule has 2 aromatic rings. The minimum atomic E-state index is -0.258. The van der Waals surface area contributed by atoms with Crippen LogP contribution < -0.4 is 15.8 Å².